The molecule has 1 aromatic rings. The van der Waals surface area contributed by atoms with Crippen LogP contribution in [0.3, 0.4) is 0 Å². The van der Waals surface area contributed by atoms with Gasteiger partial charge in [-0.2, -0.15) is 0 Å². The first kappa shape index (κ1) is 14.9. The molecule has 0 spiro atoms. The summed E-state index contributed by atoms with van der Waals surface area (Å²) in [6.07, 6.45) is 3.73. The van der Waals surface area contributed by atoms with Gasteiger partial charge in [0, 0.05) is 13.1 Å². The Bertz CT molecular complexity index is 453. The van der Waals surface area contributed by atoms with Gasteiger partial charge in [-0.25, -0.2) is 0 Å². The highest BCUT2D eigenvalue weighted by molar-refractivity contribution is 5.97. The van der Waals surface area contributed by atoms with Crippen molar-refractivity contribution in [2.75, 3.05) is 23.3 Å². The van der Waals surface area contributed by atoms with E-state index in [1.807, 2.05) is 32.0 Å². The van der Waals surface area contributed by atoms with E-state index in [9.17, 15) is 4.79 Å². The van der Waals surface area contributed by atoms with E-state index < -0.39 is 6.04 Å². The summed E-state index contributed by atoms with van der Waals surface area (Å²) in [5.74, 6) is 0.0293. The summed E-state index contributed by atoms with van der Waals surface area (Å²) in [6.45, 7) is 6.04. The number of para-hydroxylation sites is 2. The second kappa shape index (κ2) is 6.75. The summed E-state index contributed by atoms with van der Waals surface area (Å²) in [5.41, 5.74) is 7.89. The third-order valence-corrected chi connectivity index (χ3v) is 3.88. The van der Waals surface area contributed by atoms with Crippen molar-refractivity contribution >= 4 is 17.3 Å². The van der Waals surface area contributed by atoms with Gasteiger partial charge in [0.2, 0.25) is 5.91 Å². The van der Waals surface area contributed by atoms with Gasteiger partial charge < -0.3 is 16.0 Å². The molecule has 1 atom stereocenters. The number of nitrogens with one attached hydrogen (secondary N) is 1. The first-order valence-electron chi connectivity index (χ1n) is 7.50. The van der Waals surface area contributed by atoms with Gasteiger partial charge in [0.1, 0.15) is 0 Å². The van der Waals surface area contributed by atoms with Gasteiger partial charge in [0.15, 0.2) is 0 Å². The summed E-state index contributed by atoms with van der Waals surface area (Å²) in [5, 5.41) is 2.98. The maximum absolute atomic E-state index is 12.1. The van der Waals surface area contributed by atoms with Crippen molar-refractivity contribution < 1.29 is 4.79 Å². The van der Waals surface area contributed by atoms with Crippen LogP contribution >= 0.6 is 0 Å². The van der Waals surface area contributed by atoms with Gasteiger partial charge in [0.25, 0.3) is 0 Å². The van der Waals surface area contributed by atoms with Gasteiger partial charge >= 0.3 is 0 Å². The second-order valence-corrected chi connectivity index (χ2v) is 5.82. The molecule has 1 fully saturated rings. The van der Waals surface area contributed by atoms with E-state index in [-0.39, 0.29) is 11.8 Å². The smallest absolute Gasteiger partial charge is 0.241 e. The van der Waals surface area contributed by atoms with Crippen LogP contribution in [0.15, 0.2) is 24.3 Å². The SMILES string of the molecule is CC(C)[C@@H](N)C(=O)Nc1ccccc1N1CCCCC1. The summed E-state index contributed by atoms with van der Waals surface area (Å²) >= 11 is 0. The van der Waals surface area contributed by atoms with Crippen LogP contribution in [0, 0.1) is 5.92 Å². The van der Waals surface area contributed by atoms with Crippen molar-refractivity contribution in [2.45, 2.75) is 39.2 Å². The van der Waals surface area contributed by atoms with Crippen LogP contribution in [0.25, 0.3) is 0 Å². The molecule has 4 nitrogen and oxygen atoms in total. The molecule has 0 radical (unpaired) electrons. The van der Waals surface area contributed by atoms with Crippen molar-refractivity contribution in [3.8, 4) is 0 Å². The normalized spacial score (nSPS) is 17.1. The number of anilines is 2. The molecule has 1 heterocycles. The van der Waals surface area contributed by atoms with Crippen molar-refractivity contribution in [2.24, 2.45) is 11.7 Å². The summed E-state index contributed by atoms with van der Waals surface area (Å²) in [7, 11) is 0. The number of carbonyl (C=O) groups excluding carboxylic acids is 1. The van der Waals surface area contributed by atoms with Crippen molar-refractivity contribution in [1.29, 1.82) is 0 Å². The second-order valence-electron chi connectivity index (χ2n) is 5.82. The Morgan fingerprint density at radius 1 is 1.20 bits per heavy atom. The Morgan fingerprint density at radius 3 is 2.50 bits per heavy atom. The highest BCUT2D eigenvalue weighted by atomic mass is 16.2. The molecule has 110 valence electrons. The van der Waals surface area contributed by atoms with Crippen LogP contribution in [0.1, 0.15) is 33.1 Å². The van der Waals surface area contributed by atoms with E-state index in [1.165, 1.54) is 19.3 Å². The lowest BCUT2D eigenvalue weighted by Crippen LogP contribution is -2.40. The minimum absolute atomic E-state index is 0.107. The lowest BCUT2D eigenvalue weighted by atomic mass is 10.0. The third-order valence-electron chi connectivity index (χ3n) is 3.88. The minimum Gasteiger partial charge on any atom is -0.370 e. The van der Waals surface area contributed by atoms with E-state index in [1.54, 1.807) is 0 Å². The van der Waals surface area contributed by atoms with Gasteiger partial charge in [-0.1, -0.05) is 26.0 Å². The number of amides is 1. The van der Waals surface area contributed by atoms with Crippen molar-refractivity contribution in [1.82, 2.24) is 0 Å². The van der Waals surface area contributed by atoms with Crippen LogP contribution in [0.4, 0.5) is 11.4 Å². The first-order chi connectivity index (χ1) is 9.59. The molecule has 0 saturated carbocycles. The molecule has 1 aliphatic heterocycles. The molecule has 1 amide bonds. The molecule has 1 saturated heterocycles. The zero-order valence-electron chi connectivity index (χ0n) is 12.4. The number of nitrogens with two attached hydrogens (primary N) is 1. The number of benzene rings is 1. The molecule has 0 aliphatic carbocycles. The molecule has 3 N–H and O–H groups in total. The number of carbonyl (C=O) groups is 1. The zero-order valence-corrected chi connectivity index (χ0v) is 12.4. The van der Waals surface area contributed by atoms with Crippen LogP contribution in [-0.2, 0) is 4.79 Å². The molecule has 1 aliphatic rings. The average molecular weight is 275 g/mol. The summed E-state index contributed by atoms with van der Waals surface area (Å²) in [6, 6.07) is 7.52. The lowest BCUT2D eigenvalue weighted by molar-refractivity contribution is -0.118. The fourth-order valence-electron chi connectivity index (χ4n) is 2.51. The van der Waals surface area contributed by atoms with E-state index >= 15 is 0 Å². The third kappa shape index (κ3) is 3.51. The van der Waals surface area contributed by atoms with E-state index in [2.05, 4.69) is 16.3 Å². The van der Waals surface area contributed by atoms with E-state index in [0.717, 1.165) is 24.5 Å². The Morgan fingerprint density at radius 2 is 1.85 bits per heavy atom. The standard InChI is InChI=1S/C16H25N3O/c1-12(2)15(17)16(20)18-13-8-4-5-9-14(13)19-10-6-3-7-11-19/h4-5,8-9,12,15H,3,6-7,10-11,17H2,1-2H3,(H,18,20)/t15-/m1/s1. The van der Waals surface area contributed by atoms with Crippen molar-refractivity contribution in [3.63, 3.8) is 0 Å². The molecule has 1 aromatic carbocycles. The summed E-state index contributed by atoms with van der Waals surface area (Å²) in [4.78, 5) is 14.5. The number of nitrogens with zero attached hydrogens (tertiary/aromatic N) is 1. The Balaban J connectivity index is 2.13. The maximum atomic E-state index is 12.1. The largest absolute Gasteiger partial charge is 0.370 e. The van der Waals surface area contributed by atoms with E-state index in [4.69, 9.17) is 5.73 Å². The Labute approximate surface area is 121 Å². The van der Waals surface area contributed by atoms with Gasteiger partial charge in [-0.15, -0.1) is 0 Å². The fraction of sp³-hybridized carbons (Fsp3) is 0.562. The van der Waals surface area contributed by atoms with Crippen LogP contribution in [-0.4, -0.2) is 25.0 Å². The molecular weight excluding hydrogens is 250 g/mol. The number of piperidine rings is 1. The average Bonchev–Trinajstić information content (AvgIpc) is 2.47. The van der Waals surface area contributed by atoms with Crippen molar-refractivity contribution in [3.05, 3.63) is 24.3 Å². The predicted molar refractivity (Wildman–Crippen MR) is 83.9 cm³/mol. The topological polar surface area (TPSA) is 58.4 Å². The monoisotopic (exact) mass is 275 g/mol. The van der Waals surface area contributed by atoms with Gasteiger partial charge in [0.05, 0.1) is 17.4 Å². The number of hydrogen-bond donors (Lipinski definition) is 2. The maximum Gasteiger partial charge on any atom is 0.241 e. The van der Waals surface area contributed by atoms with Gasteiger partial charge in [-0.3, -0.25) is 4.79 Å². The molecular formula is C16H25N3O. The summed E-state index contributed by atoms with van der Waals surface area (Å²) < 4.78 is 0. The van der Waals surface area contributed by atoms with Crippen LogP contribution in [0.2, 0.25) is 0 Å². The van der Waals surface area contributed by atoms with Crippen LogP contribution < -0.4 is 16.0 Å². The molecule has 0 unspecified atom stereocenters. The number of hydrogen-bond acceptors (Lipinski definition) is 3. The number of rotatable bonds is 4. The molecule has 4 heteroatoms. The highest BCUT2D eigenvalue weighted by Crippen LogP contribution is 2.28. The molecule has 0 aromatic heterocycles. The quantitative estimate of drug-likeness (QED) is 0.888. The Hall–Kier alpha value is -1.55. The minimum atomic E-state index is -0.468. The predicted octanol–water partition coefficient (Wildman–Crippen LogP) is 2.60. The fourth-order valence-corrected chi connectivity index (χ4v) is 2.51. The zero-order chi connectivity index (χ0) is 14.5. The van der Waals surface area contributed by atoms with E-state index in [0.29, 0.717) is 0 Å². The highest BCUT2D eigenvalue weighted by Gasteiger charge is 2.20. The van der Waals surface area contributed by atoms with Crippen LogP contribution in [0.5, 0.6) is 0 Å². The van der Waals surface area contributed by atoms with Gasteiger partial charge in [-0.05, 0) is 37.3 Å². The first-order valence-corrected chi connectivity index (χ1v) is 7.50. The molecule has 0 bridgehead atoms. The molecule has 2 rings (SSSR count). The molecule has 20 heavy (non-hydrogen) atoms. The Kier molecular flexibility index (Phi) is 5.01. The lowest BCUT2D eigenvalue weighted by Gasteiger charge is -2.30.